The number of nitrogens with one attached hydrogen (secondary N) is 1. The van der Waals surface area contributed by atoms with Crippen molar-refractivity contribution in [1.82, 2.24) is 15.2 Å². The molecule has 0 radical (unpaired) electrons. The van der Waals surface area contributed by atoms with Gasteiger partial charge in [-0.2, -0.15) is 10.2 Å². The molecule has 1 aromatic heterocycles. The van der Waals surface area contributed by atoms with E-state index in [0.717, 1.165) is 38.8 Å². The summed E-state index contributed by atoms with van der Waals surface area (Å²) in [6.07, 6.45) is 1.67. The highest BCUT2D eigenvalue weighted by atomic mass is 16.2. The topological polar surface area (TPSA) is 59.3 Å². The molecule has 34 heavy (non-hydrogen) atoms. The summed E-state index contributed by atoms with van der Waals surface area (Å²) in [5.74, 6) is -0.365. The SMILES string of the molecule is Cc1ccc(-c2cc(C(=O)N/N=C\c3cccc4ccccc34)nn2-c2cccc(C)c2)cc1. The van der Waals surface area contributed by atoms with Crippen LogP contribution in [0.3, 0.4) is 0 Å². The first-order valence-corrected chi connectivity index (χ1v) is 11.1. The maximum absolute atomic E-state index is 12.9. The van der Waals surface area contributed by atoms with Gasteiger partial charge in [0.2, 0.25) is 0 Å². The Morgan fingerprint density at radius 2 is 1.62 bits per heavy atom. The summed E-state index contributed by atoms with van der Waals surface area (Å²) in [5.41, 5.74) is 8.88. The Morgan fingerprint density at radius 1 is 0.853 bits per heavy atom. The molecule has 1 N–H and O–H groups in total. The molecule has 4 aromatic carbocycles. The minimum Gasteiger partial charge on any atom is -0.265 e. The summed E-state index contributed by atoms with van der Waals surface area (Å²) >= 11 is 0. The van der Waals surface area contributed by atoms with Crippen LogP contribution in [0.1, 0.15) is 27.2 Å². The monoisotopic (exact) mass is 444 g/mol. The number of rotatable bonds is 5. The number of hydrogen-bond acceptors (Lipinski definition) is 3. The van der Waals surface area contributed by atoms with Crippen LogP contribution in [0.15, 0.2) is 102 Å². The van der Waals surface area contributed by atoms with Gasteiger partial charge >= 0.3 is 0 Å². The molecule has 5 aromatic rings. The maximum Gasteiger partial charge on any atom is 0.291 e. The highest BCUT2D eigenvalue weighted by molar-refractivity contribution is 6.00. The number of carbonyl (C=O) groups excluding carboxylic acids is 1. The number of aryl methyl sites for hydroxylation is 2. The van der Waals surface area contributed by atoms with Crippen LogP contribution in [-0.4, -0.2) is 21.9 Å². The van der Waals surface area contributed by atoms with E-state index in [4.69, 9.17) is 0 Å². The molecule has 5 rings (SSSR count). The molecular weight excluding hydrogens is 420 g/mol. The first kappa shape index (κ1) is 21.3. The second kappa shape index (κ2) is 9.16. The largest absolute Gasteiger partial charge is 0.291 e. The Bertz CT molecular complexity index is 1510. The first-order chi connectivity index (χ1) is 16.6. The van der Waals surface area contributed by atoms with Crippen LogP contribution in [-0.2, 0) is 0 Å². The normalized spacial score (nSPS) is 11.2. The van der Waals surface area contributed by atoms with E-state index in [0.29, 0.717) is 5.69 Å². The lowest BCUT2D eigenvalue weighted by Gasteiger charge is -2.08. The summed E-state index contributed by atoms with van der Waals surface area (Å²) in [6, 6.07) is 32.1. The second-order valence-corrected chi connectivity index (χ2v) is 8.30. The Labute approximate surface area is 198 Å². The van der Waals surface area contributed by atoms with Crippen molar-refractivity contribution in [3.05, 3.63) is 119 Å². The van der Waals surface area contributed by atoms with E-state index in [1.165, 1.54) is 5.56 Å². The van der Waals surface area contributed by atoms with Crippen molar-refractivity contribution in [2.45, 2.75) is 13.8 Å². The van der Waals surface area contributed by atoms with Crippen LogP contribution in [0, 0.1) is 13.8 Å². The molecule has 0 bridgehead atoms. The van der Waals surface area contributed by atoms with Crippen molar-refractivity contribution in [3.63, 3.8) is 0 Å². The van der Waals surface area contributed by atoms with Crippen molar-refractivity contribution in [2.24, 2.45) is 5.10 Å². The predicted molar refractivity (Wildman–Crippen MR) is 137 cm³/mol. The van der Waals surface area contributed by atoms with E-state index in [2.05, 4.69) is 46.8 Å². The highest BCUT2D eigenvalue weighted by Gasteiger charge is 2.16. The number of hydrazone groups is 1. The van der Waals surface area contributed by atoms with Crippen LogP contribution < -0.4 is 5.43 Å². The molecule has 0 aliphatic heterocycles. The minimum absolute atomic E-state index is 0.298. The van der Waals surface area contributed by atoms with Crippen LogP contribution in [0.5, 0.6) is 0 Å². The number of hydrogen-bond donors (Lipinski definition) is 1. The molecule has 0 atom stereocenters. The van der Waals surface area contributed by atoms with Crippen LogP contribution >= 0.6 is 0 Å². The number of nitrogens with zero attached hydrogens (tertiary/aromatic N) is 3. The van der Waals surface area contributed by atoms with E-state index >= 15 is 0 Å². The van der Waals surface area contributed by atoms with Gasteiger partial charge in [0, 0.05) is 11.1 Å². The maximum atomic E-state index is 12.9. The van der Waals surface area contributed by atoms with Gasteiger partial charge in [0.25, 0.3) is 5.91 Å². The molecule has 0 fully saturated rings. The second-order valence-electron chi connectivity index (χ2n) is 8.30. The lowest BCUT2D eigenvalue weighted by Crippen LogP contribution is -2.18. The average Bonchev–Trinajstić information content (AvgIpc) is 3.30. The third-order valence-corrected chi connectivity index (χ3v) is 5.73. The number of fused-ring (bicyclic) bond motifs is 1. The van der Waals surface area contributed by atoms with Gasteiger partial charge in [-0.1, -0.05) is 84.4 Å². The number of aromatic nitrogens is 2. The van der Waals surface area contributed by atoms with E-state index < -0.39 is 0 Å². The van der Waals surface area contributed by atoms with Gasteiger partial charge in [-0.25, -0.2) is 10.1 Å². The molecule has 1 heterocycles. The van der Waals surface area contributed by atoms with Gasteiger partial charge < -0.3 is 0 Å². The quantitative estimate of drug-likeness (QED) is 0.264. The summed E-state index contributed by atoms with van der Waals surface area (Å²) in [4.78, 5) is 12.9. The Kier molecular flexibility index (Phi) is 5.75. The molecule has 1 amide bonds. The van der Waals surface area contributed by atoms with Gasteiger partial charge in [0.1, 0.15) is 0 Å². The zero-order chi connectivity index (χ0) is 23.5. The smallest absolute Gasteiger partial charge is 0.265 e. The Balaban J connectivity index is 1.46. The van der Waals surface area contributed by atoms with Crippen LogP contribution in [0.2, 0.25) is 0 Å². The van der Waals surface area contributed by atoms with Gasteiger partial charge in [-0.15, -0.1) is 0 Å². The third kappa shape index (κ3) is 4.36. The van der Waals surface area contributed by atoms with Crippen molar-refractivity contribution in [1.29, 1.82) is 0 Å². The molecular formula is C29H24N4O. The average molecular weight is 445 g/mol. The molecule has 5 heteroatoms. The molecule has 166 valence electrons. The summed E-state index contributed by atoms with van der Waals surface area (Å²) in [5, 5.41) is 11.0. The van der Waals surface area contributed by atoms with E-state index in [1.54, 1.807) is 17.0 Å². The van der Waals surface area contributed by atoms with Crippen LogP contribution in [0.25, 0.3) is 27.7 Å². The zero-order valence-corrected chi connectivity index (χ0v) is 19.1. The summed E-state index contributed by atoms with van der Waals surface area (Å²) in [7, 11) is 0. The highest BCUT2D eigenvalue weighted by Crippen LogP contribution is 2.25. The zero-order valence-electron chi connectivity index (χ0n) is 19.1. The van der Waals surface area contributed by atoms with E-state index in [1.807, 2.05) is 73.7 Å². The molecule has 0 aliphatic rings. The van der Waals surface area contributed by atoms with E-state index in [-0.39, 0.29) is 5.91 Å². The number of carbonyl (C=O) groups is 1. The fourth-order valence-corrected chi connectivity index (χ4v) is 3.96. The predicted octanol–water partition coefficient (Wildman–Crippen LogP) is 6.07. The van der Waals surface area contributed by atoms with Gasteiger partial charge in [-0.3, -0.25) is 4.79 Å². The van der Waals surface area contributed by atoms with Gasteiger partial charge in [-0.05, 0) is 48.4 Å². The van der Waals surface area contributed by atoms with Crippen LogP contribution in [0.4, 0.5) is 0 Å². The lowest BCUT2D eigenvalue weighted by molar-refractivity contribution is 0.0949. The summed E-state index contributed by atoms with van der Waals surface area (Å²) < 4.78 is 1.81. The van der Waals surface area contributed by atoms with Crippen molar-refractivity contribution in [2.75, 3.05) is 0 Å². The molecule has 5 nitrogen and oxygen atoms in total. The fourth-order valence-electron chi connectivity index (χ4n) is 3.96. The Morgan fingerprint density at radius 3 is 2.44 bits per heavy atom. The Hall–Kier alpha value is -4.51. The molecule has 0 aliphatic carbocycles. The number of benzene rings is 4. The van der Waals surface area contributed by atoms with Gasteiger partial charge in [0.05, 0.1) is 17.6 Å². The van der Waals surface area contributed by atoms with E-state index in [9.17, 15) is 4.79 Å². The minimum atomic E-state index is -0.365. The summed E-state index contributed by atoms with van der Waals surface area (Å²) in [6.45, 7) is 4.09. The molecule has 0 unspecified atom stereocenters. The third-order valence-electron chi connectivity index (χ3n) is 5.73. The standard InChI is InChI=1S/C29H24N4O/c1-20-13-15-23(16-14-20)28-18-27(32-33(28)25-11-5-7-21(2)17-25)29(34)31-30-19-24-10-6-9-22-8-3-4-12-26(22)24/h3-19H,1-2H3,(H,31,34)/b30-19-. The lowest BCUT2D eigenvalue weighted by atomic mass is 10.1. The van der Waals surface area contributed by atoms with Crippen molar-refractivity contribution < 1.29 is 4.79 Å². The molecule has 0 spiro atoms. The van der Waals surface area contributed by atoms with Crippen molar-refractivity contribution in [3.8, 4) is 16.9 Å². The fraction of sp³-hybridized carbons (Fsp3) is 0.0690. The first-order valence-electron chi connectivity index (χ1n) is 11.1. The van der Waals surface area contributed by atoms with Gasteiger partial charge in [0.15, 0.2) is 5.69 Å². The molecule has 0 saturated carbocycles. The van der Waals surface area contributed by atoms with Crippen molar-refractivity contribution >= 4 is 22.9 Å². The molecule has 0 saturated heterocycles. The number of amides is 1.